The number of rotatable bonds is 9. The number of benzene rings is 1. The van der Waals surface area contributed by atoms with E-state index in [-0.39, 0.29) is 29.0 Å². The van der Waals surface area contributed by atoms with E-state index in [0.29, 0.717) is 38.1 Å². The number of carbonyl (C=O) groups is 1. The van der Waals surface area contributed by atoms with Gasteiger partial charge in [0.2, 0.25) is 0 Å². The molecule has 1 aliphatic carbocycles. The van der Waals surface area contributed by atoms with Crippen LogP contribution in [0, 0.1) is 17.7 Å². The van der Waals surface area contributed by atoms with Crippen molar-refractivity contribution in [1.29, 1.82) is 0 Å². The van der Waals surface area contributed by atoms with Gasteiger partial charge in [0.05, 0.1) is 11.6 Å². The maximum absolute atomic E-state index is 14.7. The molecule has 0 bridgehead atoms. The molecule has 1 saturated heterocycles. The lowest BCUT2D eigenvalue weighted by Gasteiger charge is -2.20. The van der Waals surface area contributed by atoms with E-state index >= 15 is 0 Å². The van der Waals surface area contributed by atoms with Crippen molar-refractivity contribution in [2.24, 2.45) is 11.8 Å². The summed E-state index contributed by atoms with van der Waals surface area (Å²) in [6.07, 6.45) is 3.18. The molecule has 2 aromatic rings. The lowest BCUT2D eigenvalue weighted by atomic mass is 9.88. The molecular weight excluding hydrogens is 474 g/mol. The van der Waals surface area contributed by atoms with Crippen LogP contribution >= 0.6 is 0 Å². The number of nitrogens with one attached hydrogen (secondary N) is 1. The third-order valence-corrected chi connectivity index (χ3v) is 7.30. The minimum absolute atomic E-state index is 0.0245. The molecule has 2 unspecified atom stereocenters. The molecule has 5 nitrogen and oxygen atoms in total. The maximum Gasteiger partial charge on any atom is 0.266 e. The van der Waals surface area contributed by atoms with Crippen molar-refractivity contribution in [3.63, 3.8) is 0 Å². The number of halogens is 4. The van der Waals surface area contributed by atoms with Crippen LogP contribution in [0.3, 0.4) is 0 Å². The van der Waals surface area contributed by atoms with Crippen LogP contribution in [0.5, 0.6) is 0 Å². The molecule has 1 fully saturated rings. The summed E-state index contributed by atoms with van der Waals surface area (Å²) in [7, 11) is 0. The van der Waals surface area contributed by atoms with Crippen molar-refractivity contribution in [3.05, 3.63) is 52.2 Å². The van der Waals surface area contributed by atoms with Gasteiger partial charge >= 0.3 is 0 Å². The van der Waals surface area contributed by atoms with Crippen LogP contribution < -0.4 is 5.32 Å². The molecule has 196 valence electrons. The fourth-order valence-electron chi connectivity index (χ4n) is 5.28. The second-order valence-electron chi connectivity index (χ2n) is 9.84. The molecule has 0 radical (unpaired) electrons. The molecule has 1 aromatic carbocycles. The summed E-state index contributed by atoms with van der Waals surface area (Å²) < 4.78 is 60.0. The van der Waals surface area contributed by atoms with Crippen LogP contribution in [0.4, 0.5) is 23.4 Å². The normalized spacial score (nSPS) is 21.1. The van der Waals surface area contributed by atoms with Gasteiger partial charge in [0, 0.05) is 42.4 Å². The Kier molecular flexibility index (Phi) is 8.93. The molecule has 1 N–H and O–H groups in total. The number of carbonyl (C=O) groups excluding carboxylic acids is 1. The van der Waals surface area contributed by atoms with Gasteiger partial charge in [-0.1, -0.05) is 24.6 Å². The first kappa shape index (κ1) is 26.5. The quantitative estimate of drug-likeness (QED) is 0.394. The predicted molar refractivity (Wildman–Crippen MR) is 128 cm³/mol. The van der Waals surface area contributed by atoms with Gasteiger partial charge < -0.3 is 10.1 Å². The first-order valence-corrected chi connectivity index (χ1v) is 12.8. The zero-order chi connectivity index (χ0) is 25.7. The summed E-state index contributed by atoms with van der Waals surface area (Å²) in [5, 5.41) is 3.11. The van der Waals surface area contributed by atoms with Crippen molar-refractivity contribution in [1.82, 2.24) is 9.97 Å². The van der Waals surface area contributed by atoms with E-state index in [1.807, 2.05) is 0 Å². The third kappa shape index (κ3) is 6.22. The van der Waals surface area contributed by atoms with Crippen molar-refractivity contribution >= 4 is 11.6 Å². The SMILES string of the molecule is C[C@@H](Nc1nc(CF)nc2c1CC(CCC(=O)C1CCCCOCC1)C2)c1cccc(C(F)F)c1F. The topological polar surface area (TPSA) is 64.1 Å². The number of Topliss-reactive ketones (excluding diaryl/α,β-unsaturated/α-hetero) is 1. The van der Waals surface area contributed by atoms with Gasteiger partial charge in [-0.15, -0.1) is 0 Å². The number of alkyl halides is 3. The van der Waals surface area contributed by atoms with Crippen molar-refractivity contribution in [3.8, 4) is 0 Å². The van der Waals surface area contributed by atoms with E-state index in [2.05, 4.69) is 15.3 Å². The Morgan fingerprint density at radius 2 is 1.94 bits per heavy atom. The molecule has 0 spiro atoms. The number of nitrogens with zero attached hydrogens (tertiary/aromatic N) is 2. The Bertz CT molecular complexity index is 1060. The van der Waals surface area contributed by atoms with E-state index < -0.39 is 30.5 Å². The minimum atomic E-state index is -2.92. The van der Waals surface area contributed by atoms with Crippen LogP contribution in [0.25, 0.3) is 0 Å². The van der Waals surface area contributed by atoms with Gasteiger partial charge in [-0.25, -0.2) is 27.5 Å². The summed E-state index contributed by atoms with van der Waals surface area (Å²) in [4.78, 5) is 21.5. The lowest BCUT2D eigenvalue weighted by Crippen LogP contribution is -2.20. The largest absolute Gasteiger partial charge is 0.381 e. The average Bonchev–Trinajstić information content (AvgIpc) is 3.25. The van der Waals surface area contributed by atoms with E-state index in [1.54, 1.807) is 6.92 Å². The smallest absolute Gasteiger partial charge is 0.266 e. The molecule has 3 atom stereocenters. The Hall–Kier alpha value is -2.55. The first-order chi connectivity index (χ1) is 17.4. The fourth-order valence-corrected chi connectivity index (χ4v) is 5.28. The summed E-state index contributed by atoms with van der Waals surface area (Å²) >= 11 is 0. The summed E-state index contributed by atoms with van der Waals surface area (Å²) in [5.41, 5.74) is 0.983. The molecular formula is C27H33F4N3O2. The second-order valence-corrected chi connectivity index (χ2v) is 9.84. The van der Waals surface area contributed by atoms with Crippen LogP contribution in [0.15, 0.2) is 18.2 Å². The summed E-state index contributed by atoms with van der Waals surface area (Å²) in [6, 6.07) is 3.24. The van der Waals surface area contributed by atoms with Gasteiger partial charge in [-0.05, 0) is 51.4 Å². The number of hydrogen-bond donors (Lipinski definition) is 1. The molecule has 4 rings (SSSR count). The third-order valence-electron chi connectivity index (χ3n) is 7.30. The van der Waals surface area contributed by atoms with Gasteiger partial charge in [0.1, 0.15) is 24.1 Å². The number of ether oxygens (including phenoxy) is 1. The van der Waals surface area contributed by atoms with Crippen molar-refractivity contribution in [2.75, 3.05) is 18.5 Å². The number of aromatic nitrogens is 2. The van der Waals surface area contributed by atoms with E-state index in [4.69, 9.17) is 4.74 Å². The van der Waals surface area contributed by atoms with Crippen LogP contribution in [0.2, 0.25) is 0 Å². The Labute approximate surface area is 209 Å². The van der Waals surface area contributed by atoms with E-state index in [9.17, 15) is 22.4 Å². The molecule has 36 heavy (non-hydrogen) atoms. The van der Waals surface area contributed by atoms with Crippen molar-refractivity contribution in [2.45, 2.75) is 77.4 Å². The predicted octanol–water partition coefficient (Wildman–Crippen LogP) is 6.47. The van der Waals surface area contributed by atoms with Gasteiger partial charge in [0.15, 0.2) is 5.82 Å². The standard InChI is InChI=1S/C27H33F4N3O2/c1-16(19-6-4-7-20(25(19)29)26(30)31)32-27-21-13-17(14-22(21)33-24(15-28)34-27)8-9-23(35)18-5-2-3-11-36-12-10-18/h4,6-7,16-18,26H,2-3,5,8-15H2,1H3,(H,32,33,34)/t16-,17?,18?/m1/s1. The molecule has 1 aromatic heterocycles. The Morgan fingerprint density at radius 3 is 2.72 bits per heavy atom. The monoisotopic (exact) mass is 507 g/mol. The number of fused-ring (bicyclic) bond motifs is 1. The Morgan fingerprint density at radius 1 is 1.14 bits per heavy atom. The highest BCUT2D eigenvalue weighted by molar-refractivity contribution is 5.81. The zero-order valence-corrected chi connectivity index (χ0v) is 20.5. The van der Waals surface area contributed by atoms with Gasteiger partial charge in [-0.2, -0.15) is 0 Å². The van der Waals surface area contributed by atoms with Crippen LogP contribution in [0.1, 0.15) is 86.1 Å². The number of anilines is 1. The zero-order valence-electron chi connectivity index (χ0n) is 20.5. The maximum atomic E-state index is 14.7. The van der Waals surface area contributed by atoms with E-state index in [1.165, 1.54) is 12.1 Å². The molecule has 9 heteroatoms. The average molecular weight is 508 g/mol. The van der Waals surface area contributed by atoms with Crippen molar-refractivity contribution < 1.29 is 27.1 Å². The molecule has 0 amide bonds. The lowest BCUT2D eigenvalue weighted by molar-refractivity contribution is -0.124. The highest BCUT2D eigenvalue weighted by Crippen LogP contribution is 2.36. The van der Waals surface area contributed by atoms with Crippen LogP contribution in [-0.4, -0.2) is 29.0 Å². The van der Waals surface area contributed by atoms with Gasteiger partial charge in [-0.3, -0.25) is 4.79 Å². The first-order valence-electron chi connectivity index (χ1n) is 12.8. The number of hydrogen-bond acceptors (Lipinski definition) is 5. The fraction of sp³-hybridized carbons (Fsp3) is 0.593. The second kappa shape index (κ2) is 12.1. The Balaban J connectivity index is 1.44. The van der Waals surface area contributed by atoms with E-state index in [0.717, 1.165) is 49.6 Å². The molecule has 2 heterocycles. The highest BCUT2D eigenvalue weighted by Gasteiger charge is 2.30. The molecule has 2 aliphatic rings. The van der Waals surface area contributed by atoms with Gasteiger partial charge in [0.25, 0.3) is 6.43 Å². The minimum Gasteiger partial charge on any atom is -0.381 e. The molecule has 0 saturated carbocycles. The number of ketones is 1. The highest BCUT2D eigenvalue weighted by atomic mass is 19.3. The molecule has 1 aliphatic heterocycles. The summed E-state index contributed by atoms with van der Waals surface area (Å²) in [6.45, 7) is 2.20. The van der Waals surface area contributed by atoms with Crippen LogP contribution in [-0.2, 0) is 29.0 Å². The summed E-state index contributed by atoms with van der Waals surface area (Å²) in [5.74, 6) is -0.0468.